The maximum Gasteiger partial charge on any atom is 0.270 e. The third-order valence-electron chi connectivity index (χ3n) is 3.78. The molecule has 0 saturated heterocycles. The summed E-state index contributed by atoms with van der Waals surface area (Å²) < 4.78 is 0. The van der Waals surface area contributed by atoms with Crippen molar-refractivity contribution in [2.24, 2.45) is 5.92 Å². The van der Waals surface area contributed by atoms with E-state index in [9.17, 15) is 4.79 Å². The summed E-state index contributed by atoms with van der Waals surface area (Å²) in [5.41, 5.74) is 4.32. The molecule has 0 aliphatic carbocycles. The number of rotatable bonds is 5. The summed E-state index contributed by atoms with van der Waals surface area (Å²) in [6.45, 7) is 4.90. The molecule has 122 valence electrons. The molecule has 0 unspecified atom stereocenters. The monoisotopic (exact) mass is 319 g/mol. The molecule has 0 radical (unpaired) electrons. The van der Waals surface area contributed by atoms with Gasteiger partial charge in [0, 0.05) is 12.7 Å². The molecule has 1 amide bonds. The summed E-state index contributed by atoms with van der Waals surface area (Å²) in [5, 5.41) is 2.94. The van der Waals surface area contributed by atoms with Crippen LogP contribution in [0.25, 0.3) is 11.0 Å². The van der Waals surface area contributed by atoms with E-state index in [-0.39, 0.29) is 5.91 Å². The molecule has 4 nitrogen and oxygen atoms in total. The molecule has 0 saturated carbocycles. The molecule has 0 bridgehead atoms. The van der Waals surface area contributed by atoms with Crippen LogP contribution in [0, 0.1) is 5.92 Å². The van der Waals surface area contributed by atoms with Crippen molar-refractivity contribution in [2.45, 2.75) is 26.8 Å². The normalized spacial score (nSPS) is 11.0. The van der Waals surface area contributed by atoms with Crippen LogP contribution in [0.1, 0.15) is 35.5 Å². The van der Waals surface area contributed by atoms with Gasteiger partial charge in [-0.1, -0.05) is 38.1 Å². The highest BCUT2D eigenvalue weighted by Crippen LogP contribution is 2.12. The topological polar surface area (TPSA) is 54.9 Å². The number of aromatic nitrogens is 2. The summed E-state index contributed by atoms with van der Waals surface area (Å²) >= 11 is 0. The maximum absolute atomic E-state index is 12.3. The first kappa shape index (κ1) is 16.1. The number of carbonyl (C=O) groups excluding carboxylic acids is 1. The smallest absolute Gasteiger partial charge is 0.270 e. The number of pyridine rings is 2. The number of fused-ring (bicyclic) bond motifs is 1. The van der Waals surface area contributed by atoms with Crippen molar-refractivity contribution in [3.05, 3.63) is 71.5 Å². The molecule has 2 heterocycles. The average Bonchev–Trinajstić information content (AvgIpc) is 2.59. The fourth-order valence-electron chi connectivity index (χ4n) is 2.69. The Morgan fingerprint density at radius 2 is 1.88 bits per heavy atom. The first-order valence-electron chi connectivity index (χ1n) is 8.19. The number of benzene rings is 1. The van der Waals surface area contributed by atoms with E-state index in [0.29, 0.717) is 18.2 Å². The summed E-state index contributed by atoms with van der Waals surface area (Å²) in [6.07, 6.45) is 2.76. The number of hydrogen-bond acceptors (Lipinski definition) is 3. The van der Waals surface area contributed by atoms with Gasteiger partial charge in [-0.25, -0.2) is 4.98 Å². The van der Waals surface area contributed by atoms with E-state index in [1.165, 1.54) is 5.56 Å². The van der Waals surface area contributed by atoms with Crippen molar-refractivity contribution < 1.29 is 4.79 Å². The van der Waals surface area contributed by atoms with E-state index in [2.05, 4.69) is 41.3 Å². The molecule has 0 fully saturated rings. The fourth-order valence-corrected chi connectivity index (χ4v) is 2.69. The van der Waals surface area contributed by atoms with Crippen LogP contribution in [0.2, 0.25) is 0 Å². The zero-order valence-electron chi connectivity index (χ0n) is 14.0. The van der Waals surface area contributed by atoms with Gasteiger partial charge in [0.25, 0.3) is 5.91 Å². The average molecular weight is 319 g/mol. The van der Waals surface area contributed by atoms with Crippen molar-refractivity contribution in [3.8, 4) is 0 Å². The van der Waals surface area contributed by atoms with Gasteiger partial charge < -0.3 is 5.32 Å². The summed E-state index contributed by atoms with van der Waals surface area (Å²) in [5.74, 6) is 0.445. The lowest BCUT2D eigenvalue weighted by molar-refractivity contribution is 0.0946. The van der Waals surface area contributed by atoms with Crippen molar-refractivity contribution in [1.29, 1.82) is 0 Å². The van der Waals surface area contributed by atoms with Gasteiger partial charge in [-0.2, -0.15) is 0 Å². The molecule has 4 heteroatoms. The number of hydrogen-bond donors (Lipinski definition) is 1. The quantitative estimate of drug-likeness (QED) is 0.779. The lowest BCUT2D eigenvalue weighted by atomic mass is 10.0. The number of nitrogens with one attached hydrogen (secondary N) is 1. The predicted molar refractivity (Wildman–Crippen MR) is 95.7 cm³/mol. The Morgan fingerprint density at radius 1 is 1.04 bits per heavy atom. The lowest BCUT2D eigenvalue weighted by Crippen LogP contribution is -2.23. The molecule has 24 heavy (non-hydrogen) atoms. The molecular formula is C20H21N3O. The summed E-state index contributed by atoms with van der Waals surface area (Å²) in [7, 11) is 0. The lowest BCUT2D eigenvalue weighted by Gasteiger charge is -2.09. The Morgan fingerprint density at radius 3 is 2.71 bits per heavy atom. The highest BCUT2D eigenvalue weighted by molar-refractivity contribution is 5.94. The van der Waals surface area contributed by atoms with Gasteiger partial charge >= 0.3 is 0 Å². The van der Waals surface area contributed by atoms with Crippen LogP contribution in [-0.2, 0) is 13.0 Å². The highest BCUT2D eigenvalue weighted by Gasteiger charge is 2.08. The molecular weight excluding hydrogens is 298 g/mol. The second kappa shape index (κ2) is 7.21. The van der Waals surface area contributed by atoms with Gasteiger partial charge in [-0.3, -0.25) is 9.78 Å². The fraction of sp³-hybridized carbons (Fsp3) is 0.250. The molecule has 3 aromatic rings. The Labute approximate surface area is 142 Å². The Hall–Kier alpha value is -2.75. The standard InChI is InChI=1S/C20H21N3O/c1-14(2)11-15-5-3-6-16(12-15)13-22-20(24)19-9-8-17-18(23-19)7-4-10-21-17/h3-10,12,14H,11,13H2,1-2H3,(H,22,24). The van der Waals surface area contributed by atoms with Gasteiger partial charge in [-0.15, -0.1) is 0 Å². The van der Waals surface area contributed by atoms with Crippen LogP contribution in [0.4, 0.5) is 0 Å². The van der Waals surface area contributed by atoms with Gasteiger partial charge in [0.2, 0.25) is 0 Å². The Kier molecular flexibility index (Phi) is 4.85. The van der Waals surface area contributed by atoms with E-state index >= 15 is 0 Å². The van der Waals surface area contributed by atoms with E-state index in [1.54, 1.807) is 12.3 Å². The molecule has 0 atom stereocenters. The van der Waals surface area contributed by atoms with Gasteiger partial charge in [0.05, 0.1) is 11.0 Å². The molecule has 2 aromatic heterocycles. The first-order chi connectivity index (χ1) is 11.6. The number of amides is 1. The third-order valence-corrected chi connectivity index (χ3v) is 3.78. The van der Waals surface area contributed by atoms with Crippen LogP contribution in [-0.4, -0.2) is 15.9 Å². The third kappa shape index (κ3) is 3.96. The zero-order chi connectivity index (χ0) is 16.9. The Bertz CT molecular complexity index is 858. The zero-order valence-corrected chi connectivity index (χ0v) is 14.0. The van der Waals surface area contributed by atoms with Crippen LogP contribution in [0.3, 0.4) is 0 Å². The van der Waals surface area contributed by atoms with Gasteiger partial charge in [0.1, 0.15) is 5.69 Å². The molecule has 3 rings (SSSR count). The maximum atomic E-state index is 12.3. The second-order valence-corrected chi connectivity index (χ2v) is 6.34. The minimum absolute atomic E-state index is 0.171. The van der Waals surface area contributed by atoms with Crippen LogP contribution >= 0.6 is 0 Å². The van der Waals surface area contributed by atoms with E-state index in [4.69, 9.17) is 0 Å². The Balaban J connectivity index is 1.68. The van der Waals surface area contributed by atoms with E-state index in [1.807, 2.05) is 30.3 Å². The van der Waals surface area contributed by atoms with Crippen LogP contribution in [0.5, 0.6) is 0 Å². The molecule has 0 aliphatic rings. The van der Waals surface area contributed by atoms with Crippen LogP contribution < -0.4 is 5.32 Å². The highest BCUT2D eigenvalue weighted by atomic mass is 16.1. The molecule has 0 aliphatic heterocycles. The summed E-state index contributed by atoms with van der Waals surface area (Å²) in [4.78, 5) is 20.9. The van der Waals surface area contributed by atoms with Crippen molar-refractivity contribution in [1.82, 2.24) is 15.3 Å². The van der Waals surface area contributed by atoms with Gasteiger partial charge in [-0.05, 0) is 47.7 Å². The van der Waals surface area contributed by atoms with Gasteiger partial charge in [0.15, 0.2) is 0 Å². The first-order valence-corrected chi connectivity index (χ1v) is 8.19. The number of nitrogens with zero attached hydrogens (tertiary/aromatic N) is 2. The largest absolute Gasteiger partial charge is 0.347 e. The SMILES string of the molecule is CC(C)Cc1cccc(CNC(=O)c2ccc3ncccc3n2)c1. The molecule has 1 aromatic carbocycles. The van der Waals surface area contributed by atoms with E-state index in [0.717, 1.165) is 23.0 Å². The van der Waals surface area contributed by atoms with Crippen molar-refractivity contribution in [3.63, 3.8) is 0 Å². The van der Waals surface area contributed by atoms with E-state index < -0.39 is 0 Å². The minimum atomic E-state index is -0.171. The van der Waals surface area contributed by atoms with Crippen LogP contribution in [0.15, 0.2) is 54.7 Å². The second-order valence-electron chi connectivity index (χ2n) is 6.34. The van der Waals surface area contributed by atoms with Crippen molar-refractivity contribution in [2.75, 3.05) is 0 Å². The predicted octanol–water partition coefficient (Wildman–Crippen LogP) is 3.76. The molecule has 1 N–H and O–H groups in total. The number of carbonyl (C=O) groups is 1. The summed E-state index contributed by atoms with van der Waals surface area (Å²) in [6, 6.07) is 15.5. The molecule has 0 spiro atoms. The minimum Gasteiger partial charge on any atom is -0.347 e. The van der Waals surface area contributed by atoms with Crippen molar-refractivity contribution >= 4 is 16.9 Å².